The van der Waals surface area contributed by atoms with E-state index in [2.05, 4.69) is 46.2 Å². The summed E-state index contributed by atoms with van der Waals surface area (Å²) in [6.07, 6.45) is -2.22. The second kappa shape index (κ2) is 20.2. The van der Waals surface area contributed by atoms with Gasteiger partial charge in [0.15, 0.2) is 51.3 Å². The molecule has 4 aliphatic rings. The second-order valence-corrected chi connectivity index (χ2v) is 21.8. The molecule has 2 aliphatic heterocycles. The number of nitrogens with one attached hydrogen (secondary N) is 2. The van der Waals surface area contributed by atoms with Gasteiger partial charge in [-0.05, 0) is 51.1 Å². The fourth-order valence-corrected chi connectivity index (χ4v) is 9.11. The van der Waals surface area contributed by atoms with Gasteiger partial charge in [-0.25, -0.2) is 4.98 Å². The van der Waals surface area contributed by atoms with Crippen molar-refractivity contribution in [2.24, 2.45) is 0 Å². The summed E-state index contributed by atoms with van der Waals surface area (Å²) in [5.41, 5.74) is 1.78. The van der Waals surface area contributed by atoms with Crippen LogP contribution < -0.4 is 10.6 Å². The molecular weight excluding hydrogens is 963 g/mol. The first-order chi connectivity index (χ1) is 31.1. The number of aliphatic hydroxyl groups excluding tert-OH is 6. The summed E-state index contributed by atoms with van der Waals surface area (Å²) >= 11 is 12.3. The number of aliphatic hydroxyl groups is 6. The minimum absolute atomic E-state index is 0.0696. The molecule has 31 heteroatoms. The molecule has 0 spiro atoms. The summed E-state index contributed by atoms with van der Waals surface area (Å²) in [7, 11) is -9.67. The molecule has 2 saturated carbocycles. The highest BCUT2D eigenvalue weighted by atomic mass is 35.5. The van der Waals surface area contributed by atoms with Crippen molar-refractivity contribution in [3.63, 3.8) is 0 Å². The fourth-order valence-electron chi connectivity index (χ4n) is 7.90. The Hall–Kier alpha value is -2.89. The zero-order valence-electron chi connectivity index (χ0n) is 35.4. The van der Waals surface area contributed by atoms with E-state index < -0.39 is 101 Å². The lowest BCUT2D eigenvalue weighted by Gasteiger charge is -2.29. The molecule has 4 aromatic rings. The zero-order valence-corrected chi connectivity index (χ0v) is 38.7. The number of fused-ring (bicyclic) bond motifs is 2. The number of pyridine rings is 1. The Bertz CT molecular complexity index is 2260. The van der Waals surface area contributed by atoms with E-state index >= 15 is 0 Å². The molecule has 0 aromatic carbocycles. The summed E-state index contributed by atoms with van der Waals surface area (Å²) in [6, 6.07) is 2.15. The van der Waals surface area contributed by atoms with Crippen molar-refractivity contribution < 1.29 is 78.3 Å². The third-order valence-electron chi connectivity index (χ3n) is 12.2. The fraction of sp³-hybridized carbons (Fsp3) is 0.743. The van der Waals surface area contributed by atoms with E-state index in [0.717, 1.165) is 69.9 Å². The normalized spacial score (nSPS) is 28.5. The highest BCUT2D eigenvalue weighted by molar-refractivity contribution is 7.53. The molecule has 0 amide bonds. The number of rotatable bonds is 16. The largest absolute Gasteiger partial charge is 0.393 e. The van der Waals surface area contributed by atoms with Gasteiger partial charge in [-0.2, -0.15) is 19.3 Å². The Morgan fingerprint density at radius 1 is 0.697 bits per heavy atom. The van der Waals surface area contributed by atoms with E-state index in [0.29, 0.717) is 22.5 Å². The van der Waals surface area contributed by atoms with Gasteiger partial charge >= 0.3 is 15.2 Å². The van der Waals surface area contributed by atoms with E-state index in [1.54, 1.807) is 6.07 Å². The molecule has 2 saturated heterocycles. The third kappa shape index (κ3) is 10.5. The molecule has 66 heavy (non-hydrogen) atoms. The summed E-state index contributed by atoms with van der Waals surface area (Å²) in [6.45, 7) is -0.880. The van der Waals surface area contributed by atoms with E-state index in [4.69, 9.17) is 42.1 Å². The van der Waals surface area contributed by atoms with Crippen LogP contribution in [0.1, 0.15) is 77.7 Å². The van der Waals surface area contributed by atoms with Crippen LogP contribution in [0.25, 0.3) is 22.3 Å². The van der Waals surface area contributed by atoms with Gasteiger partial charge in [-0.3, -0.25) is 9.13 Å². The molecule has 368 valence electrons. The molecule has 0 bridgehead atoms. The minimum atomic E-state index is -4.84. The Morgan fingerprint density at radius 3 is 1.59 bits per heavy atom. The maximum Gasteiger partial charge on any atom is 0.359 e. The number of halogens is 2. The molecule has 27 nitrogen and oxygen atoms in total. The van der Waals surface area contributed by atoms with Gasteiger partial charge in [0.2, 0.25) is 5.28 Å². The van der Waals surface area contributed by atoms with Crippen molar-refractivity contribution in [2.45, 2.75) is 137 Å². The molecule has 4 fully saturated rings. The van der Waals surface area contributed by atoms with Crippen molar-refractivity contribution in [2.75, 3.05) is 37.1 Å². The van der Waals surface area contributed by atoms with Crippen molar-refractivity contribution in [3.05, 3.63) is 16.5 Å². The third-order valence-corrected chi connectivity index (χ3v) is 15.6. The lowest BCUT2D eigenvalue weighted by molar-refractivity contribution is -0.104. The lowest BCUT2D eigenvalue weighted by Crippen LogP contribution is -2.39. The van der Waals surface area contributed by atoms with E-state index in [9.17, 15) is 59.3 Å². The van der Waals surface area contributed by atoms with Gasteiger partial charge in [0.25, 0.3) is 0 Å². The van der Waals surface area contributed by atoms with Gasteiger partial charge in [-0.1, -0.05) is 47.7 Å². The van der Waals surface area contributed by atoms with Gasteiger partial charge in [-0.15, -0.1) is 10.2 Å². The van der Waals surface area contributed by atoms with E-state index in [1.165, 1.54) is 4.68 Å². The monoisotopic (exact) mass is 1020 g/mol. The van der Waals surface area contributed by atoms with Gasteiger partial charge in [0.05, 0.1) is 32.1 Å². The topological polar surface area (TPSA) is 398 Å². The van der Waals surface area contributed by atoms with E-state index in [-0.39, 0.29) is 33.8 Å². The van der Waals surface area contributed by atoms with Crippen LogP contribution in [0.4, 0.5) is 11.5 Å². The van der Waals surface area contributed by atoms with Crippen molar-refractivity contribution in [1.82, 2.24) is 44.9 Å². The zero-order chi connectivity index (χ0) is 47.9. The quantitative estimate of drug-likeness (QED) is 0.0402. The predicted molar refractivity (Wildman–Crippen MR) is 229 cm³/mol. The smallest absolute Gasteiger partial charge is 0.359 e. The number of hydrogen-bond donors (Lipinski definition) is 12. The SMILES string of the molecule is CC(CO)(OC[C@H]1O[C@@H](n2nnc3c(NC4CCCC4)cc(Cl)nc32)[C@H](O)[C@@H]1O)P(=O)(O)O.CC(CO)(OC[C@H]1O[C@@H](n2nnc3c(NC4CCCC4)nc(Cl)nc32)[C@H](O)[C@@H]1O)P(=O)(O)O. The van der Waals surface area contributed by atoms with Gasteiger partial charge < -0.3 is 79.8 Å². The first kappa shape index (κ1) is 51.0. The maximum absolute atomic E-state index is 11.6. The summed E-state index contributed by atoms with van der Waals surface area (Å²) < 4.78 is 47.4. The van der Waals surface area contributed by atoms with E-state index in [1.807, 2.05) is 0 Å². The van der Waals surface area contributed by atoms with Gasteiger partial charge in [0, 0.05) is 18.2 Å². The Morgan fingerprint density at radius 2 is 1.14 bits per heavy atom. The Kier molecular flexibility index (Phi) is 15.6. The molecule has 8 rings (SSSR count). The van der Waals surface area contributed by atoms with Crippen LogP contribution in [0.5, 0.6) is 0 Å². The molecule has 0 radical (unpaired) electrons. The van der Waals surface area contributed by atoms with Crippen molar-refractivity contribution in [3.8, 4) is 0 Å². The Balaban J connectivity index is 0.000000196. The molecule has 4 aromatic heterocycles. The van der Waals surface area contributed by atoms with Crippen LogP contribution in [0.2, 0.25) is 10.4 Å². The second-order valence-electron chi connectivity index (χ2n) is 17.0. The average molecular weight is 1020 g/mol. The Labute approximate surface area is 385 Å². The number of ether oxygens (including phenoxy) is 4. The number of nitrogens with zero attached hydrogens (tertiary/aromatic N) is 9. The molecule has 6 heterocycles. The molecule has 10 atom stereocenters. The minimum Gasteiger partial charge on any atom is -0.393 e. The first-order valence-electron chi connectivity index (χ1n) is 20.9. The first-order valence-corrected chi connectivity index (χ1v) is 24.9. The highest BCUT2D eigenvalue weighted by Crippen LogP contribution is 2.52. The maximum atomic E-state index is 11.6. The summed E-state index contributed by atoms with van der Waals surface area (Å²) in [5.74, 6) is 0.399. The number of hydrogen-bond acceptors (Lipinski definition) is 21. The number of anilines is 2. The molecule has 2 unspecified atom stereocenters. The standard InChI is InChI=1S/C18H27ClN5O8P.C17H26ClN6O8P/c1-18(8-25,33(28,29)30)31-7-11-14(26)15(27)17(32-11)24-16-13(22-23-24)10(6-12(19)21-16)20-9-4-2-3-5-9;1-17(7-25,33(28,29)30)31-6-9-11(26)12(27)15(32-9)24-14-10(22-23-24)13(20-16(18)21-14)19-8-4-2-3-5-8/h6,9,11,14-15,17,25-27H,2-5,7-8H2,1H3,(H,20,21)(H2,28,29,30);8-9,11-12,15,25-27H,2-7H2,1H3,(H,19,20,21)(H2,28,29,30)/t11-,14-,15-,17-,18?;9-,11-,12-,15-,17?/m11/s1. The van der Waals surface area contributed by atoms with Crippen LogP contribution in [-0.4, -0.2) is 181 Å². The summed E-state index contributed by atoms with van der Waals surface area (Å²) in [4.78, 5) is 50.3. The summed E-state index contributed by atoms with van der Waals surface area (Å²) in [5, 5.41) is 79.4. The number of aromatic nitrogens is 9. The molecule has 12 N–H and O–H groups in total. The van der Waals surface area contributed by atoms with Crippen molar-refractivity contribution >= 4 is 72.2 Å². The van der Waals surface area contributed by atoms with Crippen molar-refractivity contribution in [1.29, 1.82) is 0 Å². The molecule has 2 aliphatic carbocycles. The lowest BCUT2D eigenvalue weighted by atomic mass is 10.1. The van der Waals surface area contributed by atoms with Crippen LogP contribution in [0.3, 0.4) is 0 Å². The predicted octanol–water partition coefficient (Wildman–Crippen LogP) is 0.107. The van der Waals surface area contributed by atoms with Gasteiger partial charge in [0.1, 0.15) is 41.8 Å². The molecular formula is C35H53Cl2N11O16P2. The highest BCUT2D eigenvalue weighted by Gasteiger charge is 2.51. The van der Waals surface area contributed by atoms with Crippen LogP contribution in [0.15, 0.2) is 6.07 Å². The van der Waals surface area contributed by atoms with Crippen LogP contribution in [-0.2, 0) is 28.1 Å². The van der Waals surface area contributed by atoms with Crippen LogP contribution in [0, 0.1) is 0 Å². The van der Waals surface area contributed by atoms with Crippen LogP contribution >= 0.6 is 38.4 Å². The average Bonchev–Trinajstić information content (AvgIpc) is 4.14.